The van der Waals surface area contributed by atoms with Crippen LogP contribution in [0.25, 0.3) is 0 Å². The van der Waals surface area contributed by atoms with E-state index in [0.717, 1.165) is 12.0 Å². The smallest absolute Gasteiger partial charge is 0.119 e. The fourth-order valence-corrected chi connectivity index (χ4v) is 1.09. The Labute approximate surface area is 47.6 Å². The summed E-state index contributed by atoms with van der Waals surface area (Å²) >= 11 is 0. The predicted octanol–water partition coefficient (Wildman–Crippen LogP) is 1.70. The molecule has 1 nitrogen and oxygen atoms in total. The molecule has 2 aliphatic carbocycles. The van der Waals surface area contributed by atoms with Gasteiger partial charge in [-0.25, -0.2) is 0 Å². The Hall–Kier alpha value is -0.980. The van der Waals surface area contributed by atoms with Crippen molar-refractivity contribution in [3.63, 3.8) is 0 Å². The van der Waals surface area contributed by atoms with Crippen LogP contribution in [0.1, 0.15) is 6.42 Å². The molecule has 0 aromatic rings. The number of aliphatic hydroxyl groups is 1. The molecule has 0 saturated heterocycles. The van der Waals surface area contributed by atoms with Crippen molar-refractivity contribution in [1.29, 1.82) is 0 Å². The highest BCUT2D eigenvalue weighted by molar-refractivity contribution is 5.52. The lowest BCUT2D eigenvalue weighted by Gasteiger charge is -1.88. The van der Waals surface area contributed by atoms with E-state index in [1.165, 1.54) is 5.57 Å². The zero-order chi connectivity index (χ0) is 5.56. The van der Waals surface area contributed by atoms with E-state index in [1.54, 1.807) is 0 Å². The molecule has 0 atom stereocenters. The fourth-order valence-electron chi connectivity index (χ4n) is 1.09. The topological polar surface area (TPSA) is 20.2 Å². The van der Waals surface area contributed by atoms with E-state index in [-0.39, 0.29) is 0 Å². The van der Waals surface area contributed by atoms with E-state index in [9.17, 15) is 0 Å². The van der Waals surface area contributed by atoms with Gasteiger partial charge in [0.1, 0.15) is 5.76 Å². The van der Waals surface area contributed by atoms with Gasteiger partial charge < -0.3 is 5.11 Å². The lowest BCUT2D eigenvalue weighted by Crippen LogP contribution is -1.74. The summed E-state index contributed by atoms with van der Waals surface area (Å²) in [5, 5.41) is 8.97. The molecule has 0 unspecified atom stereocenters. The van der Waals surface area contributed by atoms with Gasteiger partial charge in [-0.2, -0.15) is 0 Å². The first-order chi connectivity index (χ1) is 3.86. The van der Waals surface area contributed by atoms with Crippen LogP contribution < -0.4 is 0 Å². The van der Waals surface area contributed by atoms with Crippen LogP contribution >= 0.6 is 0 Å². The third-order valence-electron chi connectivity index (χ3n) is 1.54. The van der Waals surface area contributed by atoms with Crippen LogP contribution in [-0.2, 0) is 0 Å². The number of hydrogen-bond acceptors (Lipinski definition) is 1. The van der Waals surface area contributed by atoms with Crippen molar-refractivity contribution in [1.82, 2.24) is 0 Å². The van der Waals surface area contributed by atoms with Gasteiger partial charge in [-0.1, -0.05) is 12.2 Å². The van der Waals surface area contributed by atoms with Gasteiger partial charge in [0.05, 0.1) is 0 Å². The molecule has 2 bridgehead atoms. The van der Waals surface area contributed by atoms with E-state index in [1.807, 2.05) is 18.2 Å². The summed E-state index contributed by atoms with van der Waals surface area (Å²) < 4.78 is 0. The Bertz CT molecular complexity index is 219. The third-order valence-corrected chi connectivity index (χ3v) is 1.54. The maximum Gasteiger partial charge on any atom is 0.119 e. The molecule has 0 aromatic carbocycles. The fraction of sp³-hybridized carbons (Fsp3) is 0.143. The van der Waals surface area contributed by atoms with Crippen molar-refractivity contribution in [2.24, 2.45) is 0 Å². The van der Waals surface area contributed by atoms with E-state index in [0.29, 0.717) is 5.76 Å². The highest BCUT2D eigenvalue weighted by atomic mass is 16.3. The minimum Gasteiger partial charge on any atom is -0.508 e. The zero-order valence-electron chi connectivity index (χ0n) is 4.39. The molecule has 0 aromatic heterocycles. The summed E-state index contributed by atoms with van der Waals surface area (Å²) in [5.74, 6) is 0.461. The largest absolute Gasteiger partial charge is 0.508 e. The molecule has 0 aliphatic heterocycles. The summed E-state index contributed by atoms with van der Waals surface area (Å²) in [6.07, 6.45) is 6.76. The lowest BCUT2D eigenvalue weighted by molar-refractivity contribution is 0.429. The summed E-state index contributed by atoms with van der Waals surface area (Å²) in [5.41, 5.74) is 2.30. The van der Waals surface area contributed by atoms with Gasteiger partial charge in [-0.3, -0.25) is 0 Å². The molecule has 2 aliphatic rings. The van der Waals surface area contributed by atoms with Crippen LogP contribution in [0.15, 0.2) is 35.1 Å². The van der Waals surface area contributed by atoms with Crippen LogP contribution in [0.5, 0.6) is 0 Å². The molecule has 0 amide bonds. The molecular weight excluding hydrogens is 100 g/mol. The molecule has 1 N–H and O–H groups in total. The molecule has 0 saturated carbocycles. The summed E-state index contributed by atoms with van der Waals surface area (Å²) in [6, 6.07) is 0. The molecule has 2 rings (SSSR count). The molecule has 0 heterocycles. The van der Waals surface area contributed by atoms with E-state index in [4.69, 9.17) is 5.11 Å². The second-order valence-corrected chi connectivity index (χ2v) is 2.14. The second-order valence-electron chi connectivity index (χ2n) is 2.14. The van der Waals surface area contributed by atoms with Crippen molar-refractivity contribution >= 4 is 0 Å². The molecule has 40 valence electrons. The monoisotopic (exact) mass is 106 g/mol. The zero-order valence-corrected chi connectivity index (χ0v) is 4.39. The van der Waals surface area contributed by atoms with E-state index >= 15 is 0 Å². The summed E-state index contributed by atoms with van der Waals surface area (Å²) in [7, 11) is 0. The summed E-state index contributed by atoms with van der Waals surface area (Å²) in [6.45, 7) is 0. The van der Waals surface area contributed by atoms with E-state index < -0.39 is 0 Å². The number of fused-ring (bicyclic) bond motifs is 2. The number of aliphatic hydroxyl groups excluding tert-OH is 1. The van der Waals surface area contributed by atoms with E-state index in [2.05, 4.69) is 0 Å². The Balaban J connectivity index is 2.63. The van der Waals surface area contributed by atoms with Crippen LogP contribution in [0, 0.1) is 0 Å². The molecule has 8 heavy (non-hydrogen) atoms. The van der Waals surface area contributed by atoms with Crippen LogP contribution in [0.3, 0.4) is 0 Å². The van der Waals surface area contributed by atoms with Crippen LogP contribution in [0.4, 0.5) is 0 Å². The molecule has 0 spiro atoms. The Morgan fingerprint density at radius 3 is 2.50 bits per heavy atom. The molecule has 0 radical (unpaired) electrons. The van der Waals surface area contributed by atoms with Gasteiger partial charge in [0.15, 0.2) is 0 Å². The average Bonchev–Trinajstić information content (AvgIpc) is 2.23. The van der Waals surface area contributed by atoms with Gasteiger partial charge in [0, 0.05) is 6.42 Å². The average molecular weight is 106 g/mol. The predicted molar refractivity (Wildman–Crippen MR) is 31.5 cm³/mol. The normalized spacial score (nSPS) is 22.8. The summed E-state index contributed by atoms with van der Waals surface area (Å²) in [4.78, 5) is 0. The van der Waals surface area contributed by atoms with Crippen molar-refractivity contribution in [3.8, 4) is 0 Å². The Kier molecular flexibility index (Phi) is 0.519. The third kappa shape index (κ3) is 0.316. The van der Waals surface area contributed by atoms with Crippen molar-refractivity contribution in [3.05, 3.63) is 35.1 Å². The highest BCUT2D eigenvalue weighted by Gasteiger charge is 2.15. The minimum absolute atomic E-state index is 0.461. The Morgan fingerprint density at radius 1 is 1.38 bits per heavy atom. The minimum atomic E-state index is 0.461. The quantitative estimate of drug-likeness (QED) is 0.498. The van der Waals surface area contributed by atoms with Gasteiger partial charge in [-0.05, 0) is 17.2 Å². The van der Waals surface area contributed by atoms with Gasteiger partial charge in [-0.15, -0.1) is 0 Å². The van der Waals surface area contributed by atoms with Crippen LogP contribution in [0.2, 0.25) is 0 Å². The van der Waals surface area contributed by atoms with Gasteiger partial charge in [0.25, 0.3) is 0 Å². The van der Waals surface area contributed by atoms with Gasteiger partial charge >= 0.3 is 0 Å². The van der Waals surface area contributed by atoms with Crippen molar-refractivity contribution in [2.75, 3.05) is 0 Å². The number of hydrogen-bond donors (Lipinski definition) is 1. The maximum atomic E-state index is 8.97. The first-order valence-corrected chi connectivity index (χ1v) is 2.67. The Morgan fingerprint density at radius 2 is 2.25 bits per heavy atom. The molecule has 0 fully saturated rings. The number of allylic oxidation sites excluding steroid dienone is 5. The highest BCUT2D eigenvalue weighted by Crippen LogP contribution is 2.31. The van der Waals surface area contributed by atoms with Crippen LogP contribution in [-0.4, -0.2) is 5.11 Å². The first-order valence-electron chi connectivity index (χ1n) is 2.67. The van der Waals surface area contributed by atoms with Gasteiger partial charge in [0.2, 0.25) is 0 Å². The first kappa shape index (κ1) is 3.96. The van der Waals surface area contributed by atoms with Crippen molar-refractivity contribution in [2.45, 2.75) is 6.42 Å². The molecule has 1 heteroatoms. The van der Waals surface area contributed by atoms with Crippen molar-refractivity contribution < 1.29 is 5.11 Å². The standard InChI is InChI=1S/C7H6O/c8-7-4-5-1-2-6(7)3-5/h1-2,4,8H,3H2. The number of rotatable bonds is 0. The maximum absolute atomic E-state index is 8.97. The SMILES string of the molecule is OC1=C2C=CC(=C1)C2. The second kappa shape index (κ2) is 1.05. The lowest BCUT2D eigenvalue weighted by atomic mass is 10.3. The molecular formula is C7H6O.